The summed E-state index contributed by atoms with van der Waals surface area (Å²) in [5, 5.41) is 3.97. The van der Waals surface area contributed by atoms with Crippen molar-refractivity contribution in [3.05, 3.63) is 58.1 Å². The van der Waals surface area contributed by atoms with Gasteiger partial charge in [0.25, 0.3) is 5.91 Å². The molecule has 2 rings (SSSR count). The van der Waals surface area contributed by atoms with Gasteiger partial charge in [0.15, 0.2) is 11.5 Å². The number of amides is 1. The summed E-state index contributed by atoms with van der Waals surface area (Å²) in [5.41, 5.74) is 3.83. The van der Waals surface area contributed by atoms with Gasteiger partial charge < -0.3 is 9.47 Å². The molecule has 0 bridgehead atoms. The molecular formula is C18H19BrN2O3. The van der Waals surface area contributed by atoms with Gasteiger partial charge in [0.2, 0.25) is 0 Å². The van der Waals surface area contributed by atoms with Crippen molar-refractivity contribution in [2.75, 3.05) is 13.7 Å². The maximum Gasteiger partial charge on any atom is 0.271 e. The Labute approximate surface area is 149 Å². The van der Waals surface area contributed by atoms with Gasteiger partial charge in [-0.25, -0.2) is 5.43 Å². The molecular weight excluding hydrogens is 372 g/mol. The Morgan fingerprint density at radius 1 is 1.21 bits per heavy atom. The molecule has 0 fully saturated rings. The van der Waals surface area contributed by atoms with Crippen molar-refractivity contribution in [1.82, 2.24) is 5.43 Å². The van der Waals surface area contributed by atoms with Crippen LogP contribution in [0.3, 0.4) is 0 Å². The van der Waals surface area contributed by atoms with Crippen molar-refractivity contribution in [3.8, 4) is 11.5 Å². The summed E-state index contributed by atoms with van der Waals surface area (Å²) < 4.78 is 11.8. The topological polar surface area (TPSA) is 59.9 Å². The smallest absolute Gasteiger partial charge is 0.271 e. The normalized spacial score (nSPS) is 10.6. The van der Waals surface area contributed by atoms with Crippen molar-refractivity contribution < 1.29 is 14.3 Å². The Morgan fingerprint density at radius 2 is 1.96 bits per heavy atom. The first-order chi connectivity index (χ1) is 11.6. The van der Waals surface area contributed by atoms with E-state index in [4.69, 9.17) is 9.47 Å². The molecule has 0 radical (unpaired) electrons. The molecule has 0 spiro atoms. The lowest BCUT2D eigenvalue weighted by Crippen LogP contribution is -2.17. The van der Waals surface area contributed by atoms with Gasteiger partial charge in [0.05, 0.1) is 19.9 Å². The number of benzene rings is 2. The highest BCUT2D eigenvalue weighted by molar-refractivity contribution is 9.10. The minimum Gasteiger partial charge on any atom is -0.493 e. The number of hydrogen-bond donors (Lipinski definition) is 1. The number of carbonyl (C=O) groups is 1. The second-order valence-corrected chi connectivity index (χ2v) is 5.88. The number of nitrogens with one attached hydrogen (secondary N) is 1. The van der Waals surface area contributed by atoms with Gasteiger partial charge >= 0.3 is 0 Å². The van der Waals surface area contributed by atoms with Crippen LogP contribution in [0.2, 0.25) is 0 Å². The molecule has 1 N–H and O–H groups in total. The lowest BCUT2D eigenvalue weighted by Gasteiger charge is -2.10. The Morgan fingerprint density at radius 3 is 2.62 bits per heavy atom. The van der Waals surface area contributed by atoms with Crippen LogP contribution in [0, 0.1) is 0 Å². The summed E-state index contributed by atoms with van der Waals surface area (Å²) in [6, 6.07) is 12.5. The number of methoxy groups -OCH3 is 1. The van der Waals surface area contributed by atoms with Crippen molar-refractivity contribution >= 4 is 28.1 Å². The van der Waals surface area contributed by atoms with Crippen LogP contribution in [0.15, 0.2) is 52.0 Å². The molecule has 1 amide bonds. The Kier molecular flexibility index (Phi) is 6.81. The highest BCUT2D eigenvalue weighted by Gasteiger charge is 2.05. The molecule has 0 saturated carbocycles. The van der Waals surface area contributed by atoms with Crippen LogP contribution in [-0.2, 0) is 0 Å². The molecule has 0 unspecified atom stereocenters. The summed E-state index contributed by atoms with van der Waals surface area (Å²) in [4.78, 5) is 12.0. The van der Waals surface area contributed by atoms with Crippen LogP contribution in [0.25, 0.3) is 0 Å². The predicted octanol–water partition coefficient (Wildman–Crippen LogP) is 4.01. The lowest BCUT2D eigenvalue weighted by atomic mass is 10.2. The standard InChI is InChI=1S/C18H19BrN2O3/c1-3-10-24-16-9-4-13(11-17(16)23-2)12-20-21-18(22)14-5-7-15(19)8-6-14/h4-9,11-12H,3,10H2,1-2H3,(H,21,22). The molecule has 0 aromatic heterocycles. The zero-order chi connectivity index (χ0) is 17.4. The molecule has 2 aromatic carbocycles. The second-order valence-electron chi connectivity index (χ2n) is 4.96. The fourth-order valence-electron chi connectivity index (χ4n) is 1.93. The maximum absolute atomic E-state index is 12.0. The number of hydrogen-bond acceptors (Lipinski definition) is 4. The molecule has 0 atom stereocenters. The van der Waals surface area contributed by atoms with E-state index in [1.807, 2.05) is 19.1 Å². The predicted molar refractivity (Wildman–Crippen MR) is 98.0 cm³/mol. The van der Waals surface area contributed by atoms with Gasteiger partial charge in [-0.1, -0.05) is 22.9 Å². The molecule has 0 aliphatic rings. The summed E-state index contributed by atoms with van der Waals surface area (Å²) in [7, 11) is 1.59. The van der Waals surface area contributed by atoms with E-state index in [1.165, 1.54) is 0 Å². The number of halogens is 1. The third-order valence-electron chi connectivity index (χ3n) is 3.14. The van der Waals surface area contributed by atoms with E-state index >= 15 is 0 Å². The molecule has 0 aliphatic carbocycles. The van der Waals surface area contributed by atoms with Crippen LogP contribution >= 0.6 is 15.9 Å². The van der Waals surface area contributed by atoms with Crippen molar-refractivity contribution in [2.24, 2.45) is 5.10 Å². The van der Waals surface area contributed by atoms with Crippen molar-refractivity contribution in [1.29, 1.82) is 0 Å². The average Bonchev–Trinajstić information content (AvgIpc) is 2.60. The first-order valence-corrected chi connectivity index (χ1v) is 8.33. The fraction of sp³-hybridized carbons (Fsp3) is 0.222. The first-order valence-electron chi connectivity index (χ1n) is 7.54. The van der Waals surface area contributed by atoms with E-state index in [1.54, 1.807) is 43.7 Å². The molecule has 24 heavy (non-hydrogen) atoms. The Hall–Kier alpha value is -2.34. The zero-order valence-corrected chi connectivity index (χ0v) is 15.2. The van der Waals surface area contributed by atoms with Crippen LogP contribution in [0.4, 0.5) is 0 Å². The number of ether oxygens (including phenoxy) is 2. The Balaban J connectivity index is 2.00. The summed E-state index contributed by atoms with van der Waals surface area (Å²) >= 11 is 3.33. The third kappa shape index (κ3) is 5.09. The lowest BCUT2D eigenvalue weighted by molar-refractivity contribution is 0.0955. The molecule has 2 aromatic rings. The van der Waals surface area contributed by atoms with Gasteiger partial charge in [-0.2, -0.15) is 5.10 Å². The quantitative estimate of drug-likeness (QED) is 0.573. The molecule has 0 aliphatic heterocycles. The summed E-state index contributed by atoms with van der Waals surface area (Å²) in [6.07, 6.45) is 2.48. The third-order valence-corrected chi connectivity index (χ3v) is 3.66. The van der Waals surface area contributed by atoms with E-state index in [0.717, 1.165) is 16.5 Å². The zero-order valence-electron chi connectivity index (χ0n) is 13.6. The second kappa shape index (κ2) is 9.08. The molecule has 0 heterocycles. The molecule has 6 heteroatoms. The number of carbonyl (C=O) groups excluding carboxylic acids is 1. The largest absolute Gasteiger partial charge is 0.493 e. The van der Waals surface area contributed by atoms with Crippen molar-refractivity contribution in [3.63, 3.8) is 0 Å². The number of nitrogens with zero attached hydrogens (tertiary/aromatic N) is 1. The SMILES string of the molecule is CCCOc1ccc(C=NNC(=O)c2ccc(Br)cc2)cc1OC. The summed E-state index contributed by atoms with van der Waals surface area (Å²) in [6.45, 7) is 2.68. The van der Waals surface area contributed by atoms with E-state index in [2.05, 4.69) is 26.5 Å². The minimum atomic E-state index is -0.270. The van der Waals surface area contributed by atoms with Crippen LogP contribution in [0.5, 0.6) is 11.5 Å². The van der Waals surface area contributed by atoms with Crippen LogP contribution in [0.1, 0.15) is 29.3 Å². The monoisotopic (exact) mass is 390 g/mol. The highest BCUT2D eigenvalue weighted by Crippen LogP contribution is 2.27. The van der Waals surface area contributed by atoms with E-state index < -0.39 is 0 Å². The maximum atomic E-state index is 12.0. The van der Waals surface area contributed by atoms with E-state index in [9.17, 15) is 4.79 Å². The minimum absolute atomic E-state index is 0.270. The molecule has 5 nitrogen and oxygen atoms in total. The van der Waals surface area contributed by atoms with Gasteiger partial charge in [0, 0.05) is 10.0 Å². The fourth-order valence-corrected chi connectivity index (χ4v) is 2.19. The number of rotatable bonds is 7. The van der Waals surface area contributed by atoms with Gasteiger partial charge in [-0.15, -0.1) is 0 Å². The Bertz CT molecular complexity index is 715. The van der Waals surface area contributed by atoms with Crippen molar-refractivity contribution in [2.45, 2.75) is 13.3 Å². The highest BCUT2D eigenvalue weighted by atomic mass is 79.9. The van der Waals surface area contributed by atoms with Crippen LogP contribution in [-0.4, -0.2) is 25.8 Å². The van der Waals surface area contributed by atoms with Gasteiger partial charge in [0.1, 0.15) is 0 Å². The molecule has 126 valence electrons. The van der Waals surface area contributed by atoms with E-state index in [0.29, 0.717) is 23.7 Å². The number of hydrazone groups is 1. The van der Waals surface area contributed by atoms with Gasteiger partial charge in [-0.05, 0) is 54.4 Å². The van der Waals surface area contributed by atoms with E-state index in [-0.39, 0.29) is 5.91 Å². The summed E-state index contributed by atoms with van der Waals surface area (Å²) in [5.74, 6) is 1.05. The van der Waals surface area contributed by atoms with Crippen LogP contribution < -0.4 is 14.9 Å². The molecule has 0 saturated heterocycles. The first kappa shape index (κ1) is 18.0. The van der Waals surface area contributed by atoms with Gasteiger partial charge in [-0.3, -0.25) is 4.79 Å². The average molecular weight is 391 g/mol.